The molecule has 1 aliphatic rings. The average Bonchev–Trinajstić information content (AvgIpc) is 3.42. The molecule has 1 aromatic heterocycles. The first-order valence-electron chi connectivity index (χ1n) is 15.0. The summed E-state index contributed by atoms with van der Waals surface area (Å²) < 4.78 is 24.5. The third-order valence-corrected chi connectivity index (χ3v) is 9.39. The van der Waals surface area contributed by atoms with Gasteiger partial charge < -0.3 is 18.9 Å². The first kappa shape index (κ1) is 33.1. The number of hydrogen-bond acceptors (Lipinski definition) is 8. The molecule has 1 aliphatic heterocycles. The maximum Gasteiger partial charge on any atom is 0.338 e. The normalized spacial score (nSPS) is 14.3. The zero-order valence-corrected chi connectivity index (χ0v) is 28.6. The number of nitrogens with zero attached hydrogens (tertiary/aromatic N) is 2. The molecular weight excluding hydrogens is 671 g/mol. The molecule has 0 N–H and O–H groups in total. The van der Waals surface area contributed by atoms with Gasteiger partial charge in [-0.1, -0.05) is 89.1 Å². The van der Waals surface area contributed by atoms with Crippen LogP contribution in [0.25, 0.3) is 11.8 Å². The van der Waals surface area contributed by atoms with Crippen molar-refractivity contribution in [2.45, 2.75) is 19.6 Å². The zero-order valence-electron chi connectivity index (χ0n) is 26.2. The number of thiazole rings is 1. The number of esters is 1. The van der Waals surface area contributed by atoms with Gasteiger partial charge in [0.25, 0.3) is 5.56 Å². The molecule has 0 fully saturated rings. The highest BCUT2D eigenvalue weighted by molar-refractivity contribution is 7.07. The fourth-order valence-corrected chi connectivity index (χ4v) is 6.71. The highest BCUT2D eigenvalue weighted by atomic mass is 35.5. The van der Waals surface area contributed by atoms with Crippen molar-refractivity contribution in [2.75, 3.05) is 20.8 Å². The molecule has 11 heteroatoms. The summed E-state index contributed by atoms with van der Waals surface area (Å²) in [4.78, 5) is 33.3. The summed E-state index contributed by atoms with van der Waals surface area (Å²) in [6.45, 7) is 2.21. The van der Waals surface area contributed by atoms with Gasteiger partial charge in [0, 0.05) is 5.56 Å². The molecule has 48 heavy (non-hydrogen) atoms. The Hall–Kier alpha value is -4.83. The lowest BCUT2D eigenvalue weighted by Gasteiger charge is -2.26. The van der Waals surface area contributed by atoms with E-state index < -0.39 is 12.0 Å². The van der Waals surface area contributed by atoms with E-state index in [0.717, 1.165) is 16.7 Å². The molecule has 4 aromatic carbocycles. The summed E-state index contributed by atoms with van der Waals surface area (Å²) in [7, 11) is 3.08. The number of rotatable bonds is 10. The maximum atomic E-state index is 14.2. The number of benzene rings is 4. The molecule has 0 saturated carbocycles. The Bertz CT molecular complexity index is 2190. The number of halogens is 2. The molecule has 0 spiro atoms. The second-order valence-electron chi connectivity index (χ2n) is 10.7. The van der Waals surface area contributed by atoms with E-state index in [1.807, 2.05) is 66.7 Å². The Morgan fingerprint density at radius 2 is 1.67 bits per heavy atom. The molecule has 0 unspecified atom stereocenters. The first-order chi connectivity index (χ1) is 23.3. The molecule has 0 aliphatic carbocycles. The van der Waals surface area contributed by atoms with Gasteiger partial charge in [-0.05, 0) is 66.1 Å². The molecule has 0 radical (unpaired) electrons. The van der Waals surface area contributed by atoms with Gasteiger partial charge in [0.05, 0.1) is 52.7 Å². The Morgan fingerprint density at radius 3 is 2.35 bits per heavy atom. The van der Waals surface area contributed by atoms with Gasteiger partial charge in [0.15, 0.2) is 16.3 Å². The Morgan fingerprint density at radius 1 is 0.917 bits per heavy atom. The minimum absolute atomic E-state index is 0.153. The fraction of sp³-hybridized carbons (Fsp3) is 0.162. The largest absolute Gasteiger partial charge is 0.493 e. The van der Waals surface area contributed by atoms with Crippen molar-refractivity contribution >= 4 is 52.3 Å². The second kappa shape index (κ2) is 14.5. The Balaban J connectivity index is 1.44. The minimum Gasteiger partial charge on any atom is -0.493 e. The number of aromatic nitrogens is 1. The molecule has 8 nitrogen and oxygen atoms in total. The van der Waals surface area contributed by atoms with Crippen LogP contribution in [0.3, 0.4) is 0 Å². The van der Waals surface area contributed by atoms with Crippen LogP contribution in [-0.4, -0.2) is 31.4 Å². The van der Waals surface area contributed by atoms with Gasteiger partial charge >= 0.3 is 5.97 Å². The van der Waals surface area contributed by atoms with E-state index in [4.69, 9.17) is 47.1 Å². The van der Waals surface area contributed by atoms with E-state index >= 15 is 0 Å². The van der Waals surface area contributed by atoms with Gasteiger partial charge in [-0.3, -0.25) is 9.36 Å². The van der Waals surface area contributed by atoms with Crippen LogP contribution in [0.2, 0.25) is 10.0 Å². The first-order valence-corrected chi connectivity index (χ1v) is 16.6. The van der Waals surface area contributed by atoms with Gasteiger partial charge in [-0.15, -0.1) is 0 Å². The molecular formula is C37H30Cl2N2O6S. The average molecular weight is 702 g/mol. The molecule has 244 valence electrons. The summed E-state index contributed by atoms with van der Waals surface area (Å²) in [5.74, 6) is 1.06. The lowest BCUT2D eigenvalue weighted by atomic mass is 9.93. The zero-order chi connectivity index (χ0) is 33.8. The lowest BCUT2D eigenvalue weighted by Crippen LogP contribution is -2.40. The highest BCUT2D eigenvalue weighted by Gasteiger charge is 2.35. The number of carbonyl (C=O) groups excluding carboxylic acids is 1. The van der Waals surface area contributed by atoms with Gasteiger partial charge in [-0.25, -0.2) is 9.79 Å². The van der Waals surface area contributed by atoms with Crippen LogP contribution in [0.15, 0.2) is 106 Å². The molecule has 0 amide bonds. The quantitative estimate of drug-likeness (QED) is 0.148. The maximum absolute atomic E-state index is 14.2. The van der Waals surface area contributed by atoms with E-state index in [-0.39, 0.29) is 17.7 Å². The van der Waals surface area contributed by atoms with Gasteiger partial charge in [0.1, 0.15) is 12.4 Å². The molecule has 2 heterocycles. The smallest absolute Gasteiger partial charge is 0.338 e. The van der Waals surface area contributed by atoms with Crippen LogP contribution in [0.1, 0.15) is 35.2 Å². The van der Waals surface area contributed by atoms with Crippen molar-refractivity contribution in [1.29, 1.82) is 0 Å². The molecule has 5 aromatic rings. The van der Waals surface area contributed by atoms with Crippen LogP contribution >= 0.6 is 34.5 Å². The summed E-state index contributed by atoms with van der Waals surface area (Å²) >= 11 is 13.4. The van der Waals surface area contributed by atoms with E-state index in [0.29, 0.717) is 54.5 Å². The van der Waals surface area contributed by atoms with Crippen LogP contribution < -0.4 is 29.1 Å². The number of fused-ring (bicyclic) bond motifs is 1. The predicted octanol–water partition coefficient (Wildman–Crippen LogP) is 6.84. The highest BCUT2D eigenvalue weighted by Crippen LogP contribution is 2.38. The van der Waals surface area contributed by atoms with Gasteiger partial charge in [-0.2, -0.15) is 0 Å². The summed E-state index contributed by atoms with van der Waals surface area (Å²) in [6.07, 6.45) is 1.80. The molecule has 6 rings (SSSR count). The molecule has 1 atom stereocenters. The third-order valence-electron chi connectivity index (χ3n) is 7.66. The van der Waals surface area contributed by atoms with E-state index in [9.17, 15) is 9.59 Å². The fourth-order valence-electron chi connectivity index (χ4n) is 5.39. The molecule has 0 bridgehead atoms. The summed E-state index contributed by atoms with van der Waals surface area (Å²) in [6, 6.07) is 26.6. The lowest BCUT2D eigenvalue weighted by molar-refractivity contribution is -0.138. The van der Waals surface area contributed by atoms with E-state index in [1.54, 1.807) is 48.9 Å². The summed E-state index contributed by atoms with van der Waals surface area (Å²) in [5.41, 5.74) is 3.42. The van der Waals surface area contributed by atoms with Crippen molar-refractivity contribution in [2.24, 2.45) is 4.99 Å². The Labute approximate surface area is 290 Å². The van der Waals surface area contributed by atoms with Crippen molar-refractivity contribution < 1.29 is 23.7 Å². The van der Waals surface area contributed by atoms with E-state index in [1.165, 1.54) is 18.4 Å². The third kappa shape index (κ3) is 6.75. The second-order valence-corrected chi connectivity index (χ2v) is 12.5. The monoisotopic (exact) mass is 700 g/mol. The Kier molecular flexibility index (Phi) is 10.0. The summed E-state index contributed by atoms with van der Waals surface area (Å²) in [5, 5.41) is 0.951. The van der Waals surface area contributed by atoms with Crippen molar-refractivity contribution in [3.05, 3.63) is 149 Å². The number of carbonyl (C=O) groups is 1. The molecule has 0 saturated heterocycles. The van der Waals surface area contributed by atoms with Crippen molar-refractivity contribution in [3.63, 3.8) is 0 Å². The van der Waals surface area contributed by atoms with Crippen LogP contribution in [0, 0.1) is 0 Å². The standard InChI is InChI=1S/C37H30Cl2N2O6S/c1-4-46-36(43)32-33(24-8-6-5-7-9-24)40-37-41(34(32)25-13-17-29(44-2)30(20-25)45-3)35(42)31(48-37)19-22-10-14-26(15-11-22)47-21-23-12-16-27(38)28(39)18-23/h5-20,34H,4,21H2,1-3H3/b31-19+/t34-/m1/s1. The van der Waals surface area contributed by atoms with Crippen LogP contribution in [0.4, 0.5) is 0 Å². The van der Waals surface area contributed by atoms with Crippen molar-refractivity contribution in [3.8, 4) is 17.2 Å². The number of hydrogen-bond donors (Lipinski definition) is 0. The number of methoxy groups -OCH3 is 2. The number of ether oxygens (including phenoxy) is 4. The predicted molar refractivity (Wildman–Crippen MR) is 188 cm³/mol. The van der Waals surface area contributed by atoms with Crippen LogP contribution in [0.5, 0.6) is 17.2 Å². The topological polar surface area (TPSA) is 88.4 Å². The van der Waals surface area contributed by atoms with Crippen molar-refractivity contribution in [1.82, 2.24) is 4.57 Å². The van der Waals surface area contributed by atoms with E-state index in [2.05, 4.69) is 0 Å². The SMILES string of the molecule is CCOC(=O)C1=C(c2ccccc2)N=c2s/c(=C/c3ccc(OCc4ccc(Cl)c(Cl)c4)cc3)c(=O)n2[C@@H]1c1ccc(OC)c(OC)c1. The minimum atomic E-state index is -0.852. The van der Waals surface area contributed by atoms with Crippen LogP contribution in [-0.2, 0) is 16.1 Å². The van der Waals surface area contributed by atoms with Gasteiger partial charge in [0.2, 0.25) is 0 Å².